The zero-order chi connectivity index (χ0) is 11.2. The number of piperidine rings is 2. The van der Waals surface area contributed by atoms with Crippen molar-refractivity contribution >= 4 is 37.2 Å². The summed E-state index contributed by atoms with van der Waals surface area (Å²) >= 11 is 0. The predicted molar refractivity (Wildman–Crippen MR) is 90.4 cm³/mol. The van der Waals surface area contributed by atoms with Gasteiger partial charge in [-0.25, -0.2) is 0 Å². The van der Waals surface area contributed by atoms with Crippen LogP contribution in [-0.4, -0.2) is 51.2 Å². The minimum absolute atomic E-state index is 0. The fraction of sp³-hybridized carbons (Fsp3) is 1.00. The molecule has 19 heavy (non-hydrogen) atoms. The van der Waals surface area contributed by atoms with Crippen LogP contribution in [0.3, 0.4) is 0 Å². The van der Waals surface area contributed by atoms with Gasteiger partial charge in [0.15, 0.2) is 0 Å². The average Bonchev–Trinajstić information content (AvgIpc) is 2.31. The molecule has 0 aliphatic carbocycles. The van der Waals surface area contributed by atoms with E-state index >= 15 is 0 Å². The van der Waals surface area contributed by atoms with Gasteiger partial charge in [-0.15, -0.1) is 37.2 Å². The van der Waals surface area contributed by atoms with Crippen molar-refractivity contribution in [2.45, 2.75) is 25.7 Å². The third-order valence-corrected chi connectivity index (χ3v) is 4.06. The second kappa shape index (κ2) is 12.5. The molecule has 2 saturated heterocycles. The first-order valence-electron chi connectivity index (χ1n) is 6.94. The quantitative estimate of drug-likeness (QED) is 0.825. The Balaban J connectivity index is 0. The van der Waals surface area contributed by atoms with Gasteiger partial charge in [-0.2, -0.15) is 0 Å². The lowest BCUT2D eigenvalue weighted by Gasteiger charge is -2.31. The summed E-state index contributed by atoms with van der Waals surface area (Å²) in [6, 6.07) is 0. The Labute approximate surface area is 136 Å². The lowest BCUT2D eigenvalue weighted by atomic mass is 9.95. The van der Waals surface area contributed by atoms with E-state index in [1.807, 2.05) is 0 Å². The first-order chi connectivity index (χ1) is 7.84. The molecule has 2 rings (SSSR count). The molecule has 0 unspecified atom stereocenters. The van der Waals surface area contributed by atoms with E-state index in [-0.39, 0.29) is 37.2 Å². The molecule has 2 aliphatic heterocycles. The Morgan fingerprint density at radius 1 is 0.737 bits per heavy atom. The lowest BCUT2D eigenvalue weighted by molar-refractivity contribution is 0.195. The zero-order valence-corrected chi connectivity index (χ0v) is 14.3. The van der Waals surface area contributed by atoms with Crippen molar-refractivity contribution in [3.05, 3.63) is 0 Å². The van der Waals surface area contributed by atoms with Gasteiger partial charge >= 0.3 is 0 Å². The highest BCUT2D eigenvalue weighted by Gasteiger charge is 2.18. The highest BCUT2D eigenvalue weighted by Crippen LogP contribution is 2.16. The summed E-state index contributed by atoms with van der Waals surface area (Å²) in [4.78, 5) is 2.58. The molecule has 0 saturated carbocycles. The first kappa shape index (κ1) is 22.0. The van der Waals surface area contributed by atoms with Gasteiger partial charge in [0.1, 0.15) is 0 Å². The maximum atomic E-state index is 3.44. The van der Waals surface area contributed by atoms with E-state index in [1.54, 1.807) is 0 Å². The fourth-order valence-electron chi connectivity index (χ4n) is 3.08. The Hall–Kier alpha value is 0.750. The van der Waals surface area contributed by atoms with Crippen molar-refractivity contribution in [1.82, 2.24) is 15.5 Å². The number of nitrogens with one attached hydrogen (secondary N) is 2. The first-order valence-corrected chi connectivity index (χ1v) is 6.94. The minimum atomic E-state index is 0. The third kappa shape index (κ3) is 8.59. The second-order valence-corrected chi connectivity index (χ2v) is 5.61. The van der Waals surface area contributed by atoms with E-state index in [2.05, 4.69) is 22.6 Å². The third-order valence-electron chi connectivity index (χ3n) is 4.06. The van der Waals surface area contributed by atoms with Crippen molar-refractivity contribution in [1.29, 1.82) is 0 Å². The summed E-state index contributed by atoms with van der Waals surface area (Å²) in [5.74, 6) is 1.88. The van der Waals surface area contributed by atoms with E-state index < -0.39 is 0 Å². The SMILES string of the molecule is CN(CC1CCNCC1)CC1CCNCC1.Cl.Cl.Cl. The Morgan fingerprint density at radius 2 is 1.05 bits per heavy atom. The van der Waals surface area contributed by atoms with E-state index in [0.29, 0.717) is 0 Å². The molecule has 118 valence electrons. The van der Waals surface area contributed by atoms with E-state index in [4.69, 9.17) is 0 Å². The molecule has 0 aromatic heterocycles. The molecule has 0 aromatic rings. The van der Waals surface area contributed by atoms with Crippen LogP contribution in [0.2, 0.25) is 0 Å². The summed E-state index contributed by atoms with van der Waals surface area (Å²) in [7, 11) is 2.31. The summed E-state index contributed by atoms with van der Waals surface area (Å²) in [5.41, 5.74) is 0. The normalized spacial score (nSPS) is 21.2. The van der Waals surface area contributed by atoms with Gasteiger partial charge in [0.2, 0.25) is 0 Å². The predicted octanol–water partition coefficient (Wildman–Crippen LogP) is 2.18. The minimum Gasteiger partial charge on any atom is -0.317 e. The van der Waals surface area contributed by atoms with Gasteiger partial charge in [0.25, 0.3) is 0 Å². The van der Waals surface area contributed by atoms with Gasteiger partial charge < -0.3 is 15.5 Å². The molecular formula is C13H30Cl3N3. The van der Waals surface area contributed by atoms with Crippen LogP contribution in [0, 0.1) is 11.8 Å². The average molecular weight is 335 g/mol. The highest BCUT2D eigenvalue weighted by atomic mass is 35.5. The number of hydrogen-bond acceptors (Lipinski definition) is 3. The van der Waals surface area contributed by atoms with Crippen LogP contribution in [-0.2, 0) is 0 Å². The van der Waals surface area contributed by atoms with Crippen LogP contribution >= 0.6 is 37.2 Å². The van der Waals surface area contributed by atoms with Crippen LogP contribution in [0.5, 0.6) is 0 Å². The molecular weight excluding hydrogens is 305 g/mol. The summed E-state index contributed by atoms with van der Waals surface area (Å²) in [6.45, 7) is 7.53. The van der Waals surface area contributed by atoms with Gasteiger partial charge in [-0.3, -0.25) is 0 Å². The standard InChI is InChI=1S/C13H27N3.3ClH/c1-16(10-12-2-6-14-7-3-12)11-13-4-8-15-9-5-13;;;/h12-15H,2-11H2,1H3;3*1H. The molecule has 2 N–H and O–H groups in total. The van der Waals surface area contributed by atoms with E-state index in [1.165, 1.54) is 65.0 Å². The highest BCUT2D eigenvalue weighted by molar-refractivity contribution is 5.86. The molecule has 0 aromatic carbocycles. The van der Waals surface area contributed by atoms with Gasteiger partial charge in [0.05, 0.1) is 0 Å². The van der Waals surface area contributed by atoms with Gasteiger partial charge in [-0.1, -0.05) is 0 Å². The topological polar surface area (TPSA) is 27.3 Å². The smallest absolute Gasteiger partial charge is 0.000767 e. The van der Waals surface area contributed by atoms with E-state index in [0.717, 1.165) is 11.8 Å². The molecule has 0 radical (unpaired) electrons. The van der Waals surface area contributed by atoms with E-state index in [9.17, 15) is 0 Å². The second-order valence-electron chi connectivity index (χ2n) is 5.61. The van der Waals surface area contributed by atoms with Crippen molar-refractivity contribution in [2.24, 2.45) is 11.8 Å². The number of halogens is 3. The fourth-order valence-corrected chi connectivity index (χ4v) is 3.08. The largest absolute Gasteiger partial charge is 0.317 e. The van der Waals surface area contributed by atoms with Gasteiger partial charge in [-0.05, 0) is 70.7 Å². The maximum Gasteiger partial charge on any atom is 0.000767 e. The van der Waals surface area contributed by atoms with Crippen LogP contribution in [0.25, 0.3) is 0 Å². The monoisotopic (exact) mass is 333 g/mol. The summed E-state index contributed by atoms with van der Waals surface area (Å²) in [6.07, 6.45) is 5.49. The van der Waals surface area contributed by atoms with Crippen molar-refractivity contribution in [3.63, 3.8) is 0 Å². The Kier molecular flexibility index (Phi) is 14.5. The number of hydrogen-bond donors (Lipinski definition) is 2. The van der Waals surface area contributed by atoms with Crippen molar-refractivity contribution < 1.29 is 0 Å². The molecule has 2 heterocycles. The maximum absolute atomic E-state index is 3.44. The Bertz CT molecular complexity index is 176. The molecule has 0 amide bonds. The molecule has 3 nitrogen and oxygen atoms in total. The van der Waals surface area contributed by atoms with Gasteiger partial charge in [0, 0.05) is 13.1 Å². The van der Waals surface area contributed by atoms with Crippen LogP contribution in [0.4, 0.5) is 0 Å². The molecule has 0 spiro atoms. The van der Waals surface area contributed by atoms with Crippen LogP contribution in [0.15, 0.2) is 0 Å². The van der Waals surface area contributed by atoms with Crippen LogP contribution < -0.4 is 10.6 Å². The Morgan fingerprint density at radius 3 is 1.37 bits per heavy atom. The summed E-state index contributed by atoms with van der Waals surface area (Å²) < 4.78 is 0. The van der Waals surface area contributed by atoms with Crippen molar-refractivity contribution in [2.75, 3.05) is 46.3 Å². The molecule has 6 heteroatoms. The lowest BCUT2D eigenvalue weighted by Crippen LogP contribution is -2.38. The molecule has 0 atom stereocenters. The van der Waals surface area contributed by atoms with Crippen LogP contribution in [0.1, 0.15) is 25.7 Å². The van der Waals surface area contributed by atoms with Crippen molar-refractivity contribution in [3.8, 4) is 0 Å². The zero-order valence-electron chi connectivity index (χ0n) is 11.9. The molecule has 2 aliphatic rings. The molecule has 2 fully saturated rings. The number of nitrogens with zero attached hydrogens (tertiary/aromatic N) is 1. The number of rotatable bonds is 4. The summed E-state index contributed by atoms with van der Waals surface area (Å²) in [5, 5.41) is 6.89. The molecule has 0 bridgehead atoms.